The van der Waals surface area contributed by atoms with E-state index in [1.54, 1.807) is 25.6 Å². The van der Waals surface area contributed by atoms with Crippen LogP contribution in [0, 0.1) is 11.3 Å². The summed E-state index contributed by atoms with van der Waals surface area (Å²) in [5.41, 5.74) is -1.92. The van der Waals surface area contributed by atoms with Crippen LogP contribution in [0.5, 0.6) is 0 Å². The van der Waals surface area contributed by atoms with Crippen molar-refractivity contribution in [2.24, 2.45) is 7.05 Å². The zero-order valence-electron chi connectivity index (χ0n) is 35.4. The van der Waals surface area contributed by atoms with Gasteiger partial charge in [0.05, 0.1) is 58.5 Å². The van der Waals surface area contributed by atoms with E-state index < -0.39 is 34.4 Å². The Bertz CT molecular complexity index is 2220. The van der Waals surface area contributed by atoms with Crippen LogP contribution in [-0.4, -0.2) is 121 Å². The topological polar surface area (TPSA) is 169 Å². The summed E-state index contributed by atoms with van der Waals surface area (Å²) >= 11 is 4.74. The largest absolute Gasteiger partial charge is 0.419 e. The van der Waals surface area contributed by atoms with Crippen molar-refractivity contribution in [2.45, 2.75) is 120 Å². The number of piperazine rings is 1. The molecular formula is C42H54ClF3N10O5S. The number of hydrogen-bond donors (Lipinski definition) is 3. The van der Waals surface area contributed by atoms with Crippen molar-refractivity contribution in [1.29, 1.82) is 5.26 Å². The molecule has 2 unspecified atom stereocenters. The number of nitrogens with one attached hydrogen (secondary N) is 2. The average Bonchev–Trinajstić information content (AvgIpc) is 3.62. The lowest BCUT2D eigenvalue weighted by atomic mass is 9.89. The number of aryl methyl sites for hydroxylation is 1. The molecule has 336 valence electrons. The maximum Gasteiger partial charge on any atom is 0.419 e. The average molecular weight is 903 g/mol. The lowest BCUT2D eigenvalue weighted by molar-refractivity contribution is -0.138. The Kier molecular flexibility index (Phi) is 14.3. The number of piperidine rings is 1. The standard InChI is InChI=1S/C42H53F3N10O5S.ClH/c1-24-21-52(22-25(2)53(24)23-35(57)48-32-9-6-8-29-36(50-51(5)37(29)32)30-14-15-34(56)49-38(30)58)16-7-17-60-28-12-10-26(11-13-28)55-40(61)54(39(59)41(55,3)4)27-18-31(42(43,44)45)33(19-46)47-20-27;/h6,8-9,18,20,24-26,28,30,40,61H,7,10-17,21-23H2,1-5H3,(H,48,57)(H,49,56,58);1H/t24-,25+,26?,28?,30?,40?;. The van der Waals surface area contributed by atoms with Crippen LogP contribution < -0.4 is 15.5 Å². The molecule has 3 aliphatic heterocycles. The number of hydrogen-bond acceptors (Lipinski definition) is 12. The molecule has 2 aromatic heterocycles. The number of carbonyl (C=O) groups is 4. The summed E-state index contributed by atoms with van der Waals surface area (Å²) in [4.78, 5) is 63.0. The van der Waals surface area contributed by atoms with Crippen molar-refractivity contribution >= 4 is 70.9 Å². The summed E-state index contributed by atoms with van der Waals surface area (Å²) in [6.45, 7) is 11.0. The molecule has 4 fully saturated rings. The molecule has 4 atom stereocenters. The predicted molar refractivity (Wildman–Crippen MR) is 231 cm³/mol. The van der Waals surface area contributed by atoms with Gasteiger partial charge in [0.25, 0.3) is 0 Å². The Labute approximate surface area is 370 Å². The van der Waals surface area contributed by atoms with E-state index in [-0.39, 0.29) is 78.9 Å². The first-order chi connectivity index (χ1) is 28.9. The summed E-state index contributed by atoms with van der Waals surface area (Å²) in [5, 5.41) is 20.1. The van der Waals surface area contributed by atoms with Crippen molar-refractivity contribution < 1.29 is 37.1 Å². The summed E-state index contributed by atoms with van der Waals surface area (Å²) in [5.74, 6) is -1.71. The molecule has 20 heteroatoms. The minimum atomic E-state index is -4.81. The van der Waals surface area contributed by atoms with Gasteiger partial charge in [-0.3, -0.25) is 43.9 Å². The second-order valence-corrected chi connectivity index (χ2v) is 17.7. The highest BCUT2D eigenvalue weighted by Crippen LogP contribution is 2.43. The molecule has 1 aromatic carbocycles. The summed E-state index contributed by atoms with van der Waals surface area (Å²) in [6, 6.07) is 8.04. The number of nitrogens with zero attached hydrogens (tertiary/aromatic N) is 8. The number of amides is 4. The lowest BCUT2D eigenvalue weighted by Gasteiger charge is -2.44. The highest BCUT2D eigenvalue weighted by atomic mass is 35.5. The molecule has 1 saturated carbocycles. The van der Waals surface area contributed by atoms with E-state index in [0.717, 1.165) is 69.4 Å². The number of pyridine rings is 1. The number of ether oxygens (including phenoxy) is 1. The lowest BCUT2D eigenvalue weighted by Crippen LogP contribution is -2.58. The van der Waals surface area contributed by atoms with Gasteiger partial charge < -0.3 is 15.0 Å². The second kappa shape index (κ2) is 18.8. The molecule has 3 saturated heterocycles. The van der Waals surface area contributed by atoms with E-state index in [9.17, 15) is 37.6 Å². The zero-order chi connectivity index (χ0) is 44.0. The normalized spacial score (nSPS) is 26.3. The fourth-order valence-corrected chi connectivity index (χ4v) is 10.4. The van der Waals surface area contributed by atoms with E-state index in [1.165, 1.54) is 11.0 Å². The quantitative estimate of drug-likeness (QED) is 0.132. The number of carbonyl (C=O) groups excluding carboxylic acids is 4. The Morgan fingerprint density at radius 3 is 2.44 bits per heavy atom. The molecule has 15 nitrogen and oxygen atoms in total. The maximum absolute atomic E-state index is 13.7. The zero-order valence-corrected chi connectivity index (χ0v) is 37.2. The summed E-state index contributed by atoms with van der Waals surface area (Å²) in [7, 11) is 1.78. The molecule has 4 amide bonds. The molecule has 0 spiro atoms. The third-order valence-electron chi connectivity index (χ3n) is 12.7. The fraction of sp³-hybridized carbons (Fsp3) is 0.595. The molecule has 0 bridgehead atoms. The van der Waals surface area contributed by atoms with Gasteiger partial charge in [-0.05, 0) is 78.4 Å². The monoisotopic (exact) mass is 902 g/mol. The van der Waals surface area contributed by atoms with Crippen LogP contribution in [0.4, 0.5) is 24.5 Å². The van der Waals surface area contributed by atoms with Gasteiger partial charge in [-0.15, -0.1) is 25.0 Å². The fourth-order valence-electron chi connectivity index (χ4n) is 9.73. The molecule has 3 aromatic rings. The van der Waals surface area contributed by atoms with E-state index >= 15 is 0 Å². The van der Waals surface area contributed by atoms with Gasteiger partial charge in [0.15, 0.2) is 5.69 Å². The summed E-state index contributed by atoms with van der Waals surface area (Å²) < 4.78 is 49.2. The number of benzene rings is 1. The van der Waals surface area contributed by atoms with E-state index in [0.29, 0.717) is 29.9 Å². The molecule has 2 N–H and O–H groups in total. The van der Waals surface area contributed by atoms with Gasteiger partial charge >= 0.3 is 6.18 Å². The van der Waals surface area contributed by atoms with Crippen molar-refractivity contribution in [2.75, 3.05) is 43.0 Å². The molecular weight excluding hydrogens is 849 g/mol. The minimum Gasteiger partial charge on any atom is -0.378 e. The van der Waals surface area contributed by atoms with Crippen LogP contribution >= 0.6 is 25.0 Å². The Morgan fingerprint density at radius 2 is 1.79 bits per heavy atom. The van der Waals surface area contributed by atoms with Crippen molar-refractivity contribution in [3.63, 3.8) is 0 Å². The van der Waals surface area contributed by atoms with Crippen molar-refractivity contribution in [3.8, 4) is 6.07 Å². The number of imide groups is 1. The Hall–Kier alpha value is -4.32. The number of anilines is 2. The number of para-hydroxylation sites is 1. The number of thiol groups is 1. The van der Waals surface area contributed by atoms with Gasteiger partial charge in [0.2, 0.25) is 23.6 Å². The van der Waals surface area contributed by atoms with Crippen molar-refractivity contribution in [3.05, 3.63) is 47.4 Å². The number of fused-ring (bicyclic) bond motifs is 1. The van der Waals surface area contributed by atoms with Crippen molar-refractivity contribution in [1.82, 2.24) is 34.8 Å². The van der Waals surface area contributed by atoms with Gasteiger partial charge in [0.1, 0.15) is 11.6 Å². The number of nitriles is 1. The molecule has 1 aliphatic carbocycles. The van der Waals surface area contributed by atoms with Crippen LogP contribution in [0.25, 0.3) is 10.9 Å². The molecule has 4 aliphatic rings. The maximum atomic E-state index is 13.7. The third-order valence-corrected chi connectivity index (χ3v) is 13.2. The third kappa shape index (κ3) is 9.46. The second-order valence-electron chi connectivity index (χ2n) is 17.2. The predicted octanol–water partition coefficient (Wildman–Crippen LogP) is 5.19. The highest BCUT2D eigenvalue weighted by Gasteiger charge is 2.54. The van der Waals surface area contributed by atoms with Crippen LogP contribution in [0.15, 0.2) is 30.5 Å². The van der Waals surface area contributed by atoms with Crippen LogP contribution in [-0.2, 0) is 37.1 Å². The minimum absolute atomic E-state index is 0. The van der Waals surface area contributed by atoms with Crippen LogP contribution in [0.3, 0.4) is 0 Å². The van der Waals surface area contributed by atoms with Gasteiger partial charge in [-0.25, -0.2) is 4.98 Å². The first-order valence-electron chi connectivity index (χ1n) is 20.8. The van der Waals surface area contributed by atoms with E-state index in [1.807, 2.05) is 23.1 Å². The molecule has 62 heavy (non-hydrogen) atoms. The van der Waals surface area contributed by atoms with Gasteiger partial charge in [-0.1, -0.05) is 12.1 Å². The highest BCUT2D eigenvalue weighted by molar-refractivity contribution is 7.81. The van der Waals surface area contributed by atoms with E-state index in [4.69, 9.17) is 17.4 Å². The number of alkyl halides is 3. The first kappa shape index (κ1) is 47.2. The number of rotatable bonds is 11. The smallest absolute Gasteiger partial charge is 0.378 e. The molecule has 5 heterocycles. The SMILES string of the molecule is C[C@@H]1CN(CCCOC2CCC(N3C(S)N(c4cnc(C#N)c(C(F)(F)F)c4)C(=O)C3(C)C)CC2)C[C@H](C)N1CC(=O)Nc1cccc2c(C3CCC(=O)NC3=O)nn(C)c12.Cl. The van der Waals surface area contributed by atoms with E-state index in [2.05, 4.69) is 44.4 Å². The van der Waals surface area contributed by atoms with Gasteiger partial charge in [0, 0.05) is 63.2 Å². The molecule has 0 radical (unpaired) electrons. The summed E-state index contributed by atoms with van der Waals surface area (Å²) in [6.07, 6.45) is 0.854. The number of aromatic nitrogens is 3. The number of halogens is 4. The van der Waals surface area contributed by atoms with Crippen LogP contribution in [0.1, 0.15) is 95.5 Å². The molecule has 7 rings (SSSR count). The first-order valence-corrected chi connectivity index (χ1v) is 21.4. The van der Waals surface area contributed by atoms with Gasteiger partial charge in [-0.2, -0.15) is 23.5 Å². The Morgan fingerprint density at radius 1 is 1.10 bits per heavy atom. The Balaban J connectivity index is 0.00000641. The van der Waals surface area contributed by atoms with Crippen LogP contribution in [0.2, 0.25) is 0 Å².